The smallest absolute Gasteiger partial charge is 0.241 e. The molecule has 2 aromatic heterocycles. The molecule has 100 valence electrons. The Kier molecular flexibility index (Phi) is 3.18. The fourth-order valence-electron chi connectivity index (χ4n) is 1.77. The summed E-state index contributed by atoms with van der Waals surface area (Å²) in [4.78, 5) is 18.6. The molecule has 19 heavy (non-hydrogen) atoms. The van der Waals surface area contributed by atoms with Crippen molar-refractivity contribution in [2.75, 3.05) is 5.32 Å². The fourth-order valence-corrected chi connectivity index (χ4v) is 1.77. The summed E-state index contributed by atoms with van der Waals surface area (Å²) < 4.78 is 1.63. The number of carbonyl (C=O) groups is 1. The minimum absolute atomic E-state index is 0.0192. The van der Waals surface area contributed by atoms with Gasteiger partial charge in [-0.1, -0.05) is 0 Å². The summed E-state index contributed by atoms with van der Waals surface area (Å²) in [5.74, 6) is 0.0192. The average Bonchev–Trinajstić information content (AvgIpc) is 2.91. The number of H-pyrrole nitrogens is 1. The van der Waals surface area contributed by atoms with Crippen LogP contribution in [0, 0.1) is 0 Å². The molecule has 2 heterocycles. The monoisotopic (exact) mass is 260 g/mol. The lowest BCUT2D eigenvalue weighted by Crippen LogP contribution is -2.29. The van der Waals surface area contributed by atoms with Crippen LogP contribution in [0.2, 0.25) is 0 Å². The van der Waals surface area contributed by atoms with E-state index in [1.807, 2.05) is 6.20 Å². The van der Waals surface area contributed by atoms with Crippen molar-refractivity contribution in [2.24, 2.45) is 0 Å². The van der Waals surface area contributed by atoms with Gasteiger partial charge in [-0.15, -0.1) is 0 Å². The highest BCUT2D eigenvalue weighted by molar-refractivity contribution is 5.76. The summed E-state index contributed by atoms with van der Waals surface area (Å²) in [6.45, 7) is 0.919. The van der Waals surface area contributed by atoms with Crippen molar-refractivity contribution < 1.29 is 4.79 Å². The van der Waals surface area contributed by atoms with Crippen LogP contribution in [0.15, 0.2) is 24.9 Å². The molecule has 0 atom stereocenters. The molecule has 7 nitrogen and oxygen atoms in total. The van der Waals surface area contributed by atoms with Crippen molar-refractivity contribution in [3.63, 3.8) is 0 Å². The summed E-state index contributed by atoms with van der Waals surface area (Å²) in [6, 6.07) is 0.390. The number of anilines is 1. The summed E-state index contributed by atoms with van der Waals surface area (Å²) in [5, 5.41) is 10.3. The van der Waals surface area contributed by atoms with Gasteiger partial charge in [-0.2, -0.15) is 5.10 Å². The Hall–Kier alpha value is -2.31. The molecule has 3 rings (SSSR count). The lowest BCUT2D eigenvalue weighted by Gasteiger charge is -2.03. The van der Waals surface area contributed by atoms with Crippen molar-refractivity contribution in [1.29, 1.82) is 0 Å². The molecule has 1 aliphatic carbocycles. The van der Waals surface area contributed by atoms with Crippen LogP contribution in [0.25, 0.3) is 0 Å². The number of hydrogen-bond acceptors (Lipinski definition) is 4. The molecule has 0 bridgehead atoms. The number of aromatic nitrogens is 4. The second-order valence-corrected chi connectivity index (χ2v) is 4.70. The maximum absolute atomic E-state index is 11.6. The van der Waals surface area contributed by atoms with Gasteiger partial charge in [-0.3, -0.25) is 9.48 Å². The topological polar surface area (TPSA) is 87.6 Å². The van der Waals surface area contributed by atoms with Crippen LogP contribution in [0.5, 0.6) is 0 Å². The zero-order valence-corrected chi connectivity index (χ0v) is 10.5. The van der Waals surface area contributed by atoms with Crippen LogP contribution in [-0.2, 0) is 17.9 Å². The number of rotatable bonds is 6. The van der Waals surface area contributed by atoms with Crippen LogP contribution in [0.3, 0.4) is 0 Å². The maximum Gasteiger partial charge on any atom is 0.241 e. The molecule has 0 aromatic carbocycles. The number of imidazole rings is 1. The second kappa shape index (κ2) is 5.13. The molecule has 7 heteroatoms. The van der Waals surface area contributed by atoms with Gasteiger partial charge in [0.1, 0.15) is 6.54 Å². The average molecular weight is 260 g/mol. The lowest BCUT2D eigenvalue weighted by atomic mass is 10.4. The standard InChI is InChI=1S/C12H16N6O/c19-12(17-9-1-2-9)7-18-6-11(5-16-18)14-4-10-3-13-8-15-10/h3,5-6,8-9,14H,1-2,4,7H2,(H,13,15)(H,17,19). The van der Waals surface area contributed by atoms with E-state index in [9.17, 15) is 4.79 Å². The summed E-state index contributed by atoms with van der Waals surface area (Å²) in [6.07, 6.45) is 9.14. The number of aromatic amines is 1. The number of hydrogen-bond donors (Lipinski definition) is 3. The number of amides is 1. The van der Waals surface area contributed by atoms with E-state index in [-0.39, 0.29) is 12.5 Å². The van der Waals surface area contributed by atoms with E-state index in [0.29, 0.717) is 12.6 Å². The predicted molar refractivity (Wildman–Crippen MR) is 69.3 cm³/mol. The highest BCUT2D eigenvalue weighted by Crippen LogP contribution is 2.18. The largest absolute Gasteiger partial charge is 0.377 e. The SMILES string of the molecule is O=C(Cn1cc(NCc2cnc[nH]2)cn1)NC1CC1. The molecule has 0 spiro atoms. The van der Waals surface area contributed by atoms with Gasteiger partial charge in [0.2, 0.25) is 5.91 Å². The minimum atomic E-state index is 0.0192. The molecule has 0 unspecified atom stereocenters. The Balaban J connectivity index is 1.49. The van der Waals surface area contributed by atoms with Crippen LogP contribution < -0.4 is 10.6 Å². The molecule has 0 aliphatic heterocycles. The van der Waals surface area contributed by atoms with E-state index in [4.69, 9.17) is 0 Å². The third kappa shape index (κ3) is 3.34. The Morgan fingerprint density at radius 1 is 1.47 bits per heavy atom. The molecular formula is C12H16N6O. The lowest BCUT2D eigenvalue weighted by molar-refractivity contribution is -0.122. The van der Waals surface area contributed by atoms with Crippen LogP contribution in [0.1, 0.15) is 18.5 Å². The summed E-state index contributed by atoms with van der Waals surface area (Å²) in [5.41, 5.74) is 1.88. The first-order valence-electron chi connectivity index (χ1n) is 6.32. The van der Waals surface area contributed by atoms with E-state index < -0.39 is 0 Å². The van der Waals surface area contributed by atoms with Crippen LogP contribution in [0.4, 0.5) is 5.69 Å². The van der Waals surface area contributed by atoms with Gasteiger partial charge in [0.15, 0.2) is 0 Å². The first-order chi connectivity index (χ1) is 9.29. The fraction of sp³-hybridized carbons (Fsp3) is 0.417. The number of nitrogens with one attached hydrogen (secondary N) is 3. The van der Waals surface area contributed by atoms with Crippen LogP contribution >= 0.6 is 0 Å². The van der Waals surface area contributed by atoms with Crippen molar-refractivity contribution >= 4 is 11.6 Å². The predicted octanol–water partition coefficient (Wildman–Crippen LogP) is 0.497. The Bertz CT molecular complexity index is 542. The van der Waals surface area contributed by atoms with Crippen molar-refractivity contribution in [1.82, 2.24) is 25.1 Å². The molecule has 1 aliphatic rings. The summed E-state index contributed by atoms with van der Waals surface area (Å²) >= 11 is 0. The molecule has 0 saturated heterocycles. The third-order valence-corrected chi connectivity index (χ3v) is 2.92. The Labute approximate surface area is 110 Å². The zero-order chi connectivity index (χ0) is 13.1. The molecule has 1 saturated carbocycles. The highest BCUT2D eigenvalue weighted by atomic mass is 16.2. The van der Waals surface area contributed by atoms with Crippen molar-refractivity contribution in [3.05, 3.63) is 30.6 Å². The third-order valence-electron chi connectivity index (χ3n) is 2.92. The normalized spacial score (nSPS) is 14.3. The van der Waals surface area contributed by atoms with E-state index in [1.54, 1.807) is 23.4 Å². The van der Waals surface area contributed by atoms with Crippen molar-refractivity contribution in [3.8, 4) is 0 Å². The number of nitrogens with zero attached hydrogens (tertiary/aromatic N) is 3. The van der Waals surface area contributed by atoms with Crippen molar-refractivity contribution in [2.45, 2.75) is 32.0 Å². The van der Waals surface area contributed by atoms with Gasteiger partial charge in [0.05, 0.1) is 30.5 Å². The zero-order valence-electron chi connectivity index (χ0n) is 10.5. The van der Waals surface area contributed by atoms with E-state index in [1.165, 1.54) is 0 Å². The number of carbonyl (C=O) groups excluding carboxylic acids is 1. The van der Waals surface area contributed by atoms with Gasteiger partial charge < -0.3 is 15.6 Å². The minimum Gasteiger partial charge on any atom is -0.377 e. The van der Waals surface area contributed by atoms with Gasteiger partial charge in [-0.05, 0) is 12.8 Å². The van der Waals surface area contributed by atoms with E-state index in [2.05, 4.69) is 25.7 Å². The molecule has 3 N–H and O–H groups in total. The molecular weight excluding hydrogens is 244 g/mol. The van der Waals surface area contributed by atoms with Gasteiger partial charge in [0, 0.05) is 18.4 Å². The molecule has 0 radical (unpaired) electrons. The first kappa shape index (κ1) is 11.8. The maximum atomic E-state index is 11.6. The molecule has 1 fully saturated rings. The Morgan fingerprint density at radius 2 is 2.37 bits per heavy atom. The molecule has 1 amide bonds. The van der Waals surface area contributed by atoms with Gasteiger partial charge >= 0.3 is 0 Å². The Morgan fingerprint density at radius 3 is 3.11 bits per heavy atom. The highest BCUT2D eigenvalue weighted by Gasteiger charge is 2.23. The van der Waals surface area contributed by atoms with Gasteiger partial charge in [-0.25, -0.2) is 4.98 Å². The first-order valence-corrected chi connectivity index (χ1v) is 6.32. The summed E-state index contributed by atoms with van der Waals surface area (Å²) in [7, 11) is 0. The van der Waals surface area contributed by atoms with Crippen LogP contribution in [-0.4, -0.2) is 31.7 Å². The second-order valence-electron chi connectivity index (χ2n) is 4.70. The van der Waals surface area contributed by atoms with Gasteiger partial charge in [0.25, 0.3) is 0 Å². The van der Waals surface area contributed by atoms with E-state index in [0.717, 1.165) is 24.2 Å². The quantitative estimate of drug-likeness (QED) is 0.705. The molecule has 2 aromatic rings. The van der Waals surface area contributed by atoms with E-state index >= 15 is 0 Å².